The quantitative estimate of drug-likeness (QED) is 0.0260. The smallest absolute Gasteiger partial charge is 0.407 e. The summed E-state index contributed by atoms with van der Waals surface area (Å²) in [7, 11) is 0. The SMILES string of the molecule is Cc1cc(NCc2ccc(F)c(C)c2)c([N+](=O)[O-])c(Cl)n1.Cc1cc(O)c([N+](=O)[O-])c(=O)[nH]1.Cc1cc2c(nc(N3CC(CN)C3)n2Cc2ccc(F)c(C)c2)c(Cl)n1.Cc1cc2c(nc(N3CC(CNC(=O)OC(C)(C)C)C3)n2Cc2ccc(F)c(C)c2)c(Cl)n1.Cc1cc2c(ncn2Cc2ccc(F)c(C)c2)c(Cl)n1. The van der Waals surface area contributed by atoms with E-state index in [1.807, 2.05) is 88.6 Å². The number of aromatic hydroxyl groups is 1. The van der Waals surface area contributed by atoms with Gasteiger partial charge in [0, 0.05) is 92.2 Å². The molecule has 0 spiro atoms. The molecule has 0 aliphatic carbocycles. The second-order valence-electron chi connectivity index (χ2n) is 28.5. The van der Waals surface area contributed by atoms with E-state index in [0.29, 0.717) is 117 Å². The number of H-pyrrole nitrogens is 1. The lowest BCUT2D eigenvalue weighted by atomic mass is 10.0. The van der Waals surface area contributed by atoms with Gasteiger partial charge in [0.1, 0.15) is 51.1 Å². The van der Waals surface area contributed by atoms with Crippen LogP contribution in [0.4, 0.5) is 51.3 Å². The predicted octanol–water partition coefficient (Wildman–Crippen LogP) is 16.3. The van der Waals surface area contributed by atoms with Gasteiger partial charge < -0.3 is 54.7 Å². The number of alkyl carbamates (subject to hydrolysis) is 1. The number of pyridine rings is 5. The number of nitrogens with one attached hydrogen (secondary N) is 3. The van der Waals surface area contributed by atoms with E-state index in [9.17, 15) is 47.4 Å². The number of fused-ring (bicyclic) bond motifs is 3. The number of aromatic amines is 1. The van der Waals surface area contributed by atoms with Gasteiger partial charge in [0.15, 0.2) is 15.5 Å². The van der Waals surface area contributed by atoms with Crippen molar-refractivity contribution in [3.63, 3.8) is 0 Å². The number of rotatable bonds is 16. The lowest BCUT2D eigenvalue weighted by molar-refractivity contribution is -0.387. The van der Waals surface area contributed by atoms with E-state index in [1.54, 1.807) is 71.3 Å². The number of hydrogen-bond acceptors (Lipinski definition) is 19. The van der Waals surface area contributed by atoms with Crippen molar-refractivity contribution in [1.29, 1.82) is 0 Å². The summed E-state index contributed by atoms with van der Waals surface area (Å²) in [5, 5.41) is 37.0. The van der Waals surface area contributed by atoms with Gasteiger partial charge in [0.25, 0.3) is 0 Å². The average molecular weight is 1620 g/mol. The van der Waals surface area contributed by atoms with Crippen LogP contribution in [0.25, 0.3) is 33.1 Å². The third-order valence-electron chi connectivity index (χ3n) is 18.0. The molecule has 10 heterocycles. The van der Waals surface area contributed by atoms with Crippen LogP contribution in [0.1, 0.15) is 93.7 Å². The molecule has 0 bridgehead atoms. The molecule has 0 radical (unpaired) electrons. The lowest BCUT2D eigenvalue weighted by Crippen LogP contribution is -2.52. The minimum absolute atomic E-state index is 0.155. The molecule has 14 rings (SSSR count). The molecule has 0 atom stereocenters. The number of nitrogens with zero attached hydrogens (tertiary/aromatic N) is 14. The summed E-state index contributed by atoms with van der Waals surface area (Å²) in [4.78, 5) is 79.7. The second-order valence-corrected chi connectivity index (χ2v) is 29.9. The second kappa shape index (κ2) is 35.5. The Labute approximate surface area is 661 Å². The van der Waals surface area contributed by atoms with Crippen LogP contribution in [-0.2, 0) is 30.9 Å². The minimum atomic E-state index is -0.923. The van der Waals surface area contributed by atoms with Gasteiger partial charge >= 0.3 is 23.0 Å². The number of nitro groups is 2. The van der Waals surface area contributed by atoms with Gasteiger partial charge in [-0.1, -0.05) is 94.9 Å². The minimum Gasteiger partial charge on any atom is -0.502 e. The molecule has 26 nitrogen and oxygen atoms in total. The lowest BCUT2D eigenvalue weighted by Gasteiger charge is -2.40. The molecule has 0 unspecified atom stereocenters. The molecular weight excluding hydrogens is 1530 g/mol. The van der Waals surface area contributed by atoms with Crippen LogP contribution in [0.3, 0.4) is 0 Å². The Kier molecular flexibility index (Phi) is 26.5. The topological polar surface area (TPSA) is 327 Å². The first-order valence-electron chi connectivity index (χ1n) is 35.2. The van der Waals surface area contributed by atoms with Crippen LogP contribution in [0.2, 0.25) is 20.6 Å². The summed E-state index contributed by atoms with van der Waals surface area (Å²) in [6.45, 7) is 27.9. The van der Waals surface area contributed by atoms with Crippen molar-refractivity contribution in [3.05, 3.63) is 257 Å². The van der Waals surface area contributed by atoms with Crippen molar-refractivity contribution >= 4 is 115 Å². The van der Waals surface area contributed by atoms with E-state index in [0.717, 1.165) is 100 Å². The molecule has 8 aromatic heterocycles. The number of imidazole rings is 3. The third kappa shape index (κ3) is 20.5. The van der Waals surface area contributed by atoms with Crippen LogP contribution in [0.5, 0.6) is 5.75 Å². The molecule has 588 valence electrons. The first-order valence-corrected chi connectivity index (χ1v) is 36.8. The van der Waals surface area contributed by atoms with Crippen molar-refractivity contribution < 1.29 is 42.0 Å². The number of amides is 1. The molecule has 12 aromatic rings. The maximum absolute atomic E-state index is 13.8. The molecular formula is C78H82Cl4F4N18O8. The zero-order valence-electron chi connectivity index (χ0n) is 63.3. The molecule has 34 heteroatoms. The normalized spacial score (nSPS) is 12.7. The Hall–Kier alpha value is -11.1. The van der Waals surface area contributed by atoms with Crippen LogP contribution < -0.4 is 31.7 Å². The van der Waals surface area contributed by atoms with Crippen LogP contribution in [0.15, 0.2) is 114 Å². The van der Waals surface area contributed by atoms with Crippen molar-refractivity contribution in [2.45, 2.75) is 115 Å². The molecule has 2 fully saturated rings. The zero-order chi connectivity index (χ0) is 81.5. The van der Waals surface area contributed by atoms with E-state index in [-0.39, 0.29) is 40.0 Å². The molecule has 0 saturated carbocycles. The summed E-state index contributed by atoms with van der Waals surface area (Å²) in [5.74, 6) is 0.930. The number of hydrogen-bond donors (Lipinski definition) is 5. The Morgan fingerprint density at radius 2 is 0.982 bits per heavy atom. The predicted molar refractivity (Wildman–Crippen MR) is 426 cm³/mol. The van der Waals surface area contributed by atoms with Crippen LogP contribution in [0, 0.1) is 118 Å². The molecule has 1 amide bonds. The largest absolute Gasteiger partial charge is 0.502 e. The number of anilines is 3. The fraction of sp³-hybridized carbons (Fsp3) is 0.321. The van der Waals surface area contributed by atoms with Crippen molar-refractivity contribution in [1.82, 2.24) is 58.9 Å². The molecule has 2 saturated heterocycles. The Morgan fingerprint density at radius 1 is 0.571 bits per heavy atom. The number of nitrogens with two attached hydrogens (primary N) is 1. The highest BCUT2D eigenvalue weighted by atomic mass is 35.5. The maximum atomic E-state index is 13.8. The molecule has 6 N–H and O–H groups in total. The number of halogens is 8. The van der Waals surface area contributed by atoms with Crippen molar-refractivity contribution in [3.8, 4) is 5.75 Å². The van der Waals surface area contributed by atoms with Gasteiger partial charge in [-0.15, -0.1) is 0 Å². The fourth-order valence-corrected chi connectivity index (χ4v) is 13.6. The Bertz CT molecular complexity index is 5610. The van der Waals surface area contributed by atoms with Crippen molar-refractivity contribution in [2.24, 2.45) is 17.6 Å². The van der Waals surface area contributed by atoms with Gasteiger partial charge in [0.05, 0.1) is 45.8 Å². The van der Waals surface area contributed by atoms with Crippen LogP contribution >= 0.6 is 46.4 Å². The van der Waals surface area contributed by atoms with E-state index < -0.39 is 38.5 Å². The highest BCUT2D eigenvalue weighted by Gasteiger charge is 2.34. The third-order valence-corrected chi connectivity index (χ3v) is 19.1. The Morgan fingerprint density at radius 3 is 1.42 bits per heavy atom. The fourth-order valence-electron chi connectivity index (χ4n) is 12.5. The molecule has 112 heavy (non-hydrogen) atoms. The molecule has 2 aliphatic heterocycles. The number of carbonyl (C=O) groups excluding carboxylic acids is 1. The summed E-state index contributed by atoms with van der Waals surface area (Å²) in [6.07, 6.45) is 1.32. The molecule has 4 aromatic carbocycles. The first-order chi connectivity index (χ1) is 52.9. The number of benzene rings is 4. The van der Waals surface area contributed by atoms with Gasteiger partial charge in [-0.25, -0.2) is 57.2 Å². The number of aryl methyl sites for hydroxylation is 9. The van der Waals surface area contributed by atoms with E-state index in [1.165, 1.54) is 31.2 Å². The van der Waals surface area contributed by atoms with E-state index >= 15 is 0 Å². The average Bonchev–Trinajstić information content (AvgIpc) is 1.61. The molecule has 2 aliphatic rings. The van der Waals surface area contributed by atoms with Crippen molar-refractivity contribution in [2.75, 3.05) is 54.4 Å². The Balaban J connectivity index is 0.000000153. The highest BCUT2D eigenvalue weighted by Crippen LogP contribution is 2.36. The van der Waals surface area contributed by atoms with E-state index in [2.05, 4.69) is 59.5 Å². The maximum Gasteiger partial charge on any atom is 0.407 e. The van der Waals surface area contributed by atoms with E-state index in [4.69, 9.17) is 71.9 Å². The zero-order valence-corrected chi connectivity index (χ0v) is 66.3. The summed E-state index contributed by atoms with van der Waals surface area (Å²) >= 11 is 24.7. The summed E-state index contributed by atoms with van der Waals surface area (Å²) < 4.78 is 65.4. The number of aromatic nitrogens is 11. The standard InChI is InChI=1S/C24H29ClFN5O2.C19H21ClFN5.C15H13ClFN3.C14H13ClFN3O2.C6H6N2O4/c1-14-8-16(6-7-18(14)26)13-31-19-9-15(2)28-21(25)20(19)29-22(31)30-11-17(12-30)10-27-23(32)33-24(3,4)5;1-11-5-13(3-4-15(11)21)10-26-16-6-12(2)23-18(20)17(16)24-19(26)25-8-14(7-22)9-25;1-9-5-11(3-4-12(9)17)7-20-8-18-14-13(20)6-10(2)19-15(14)16;1-8-5-10(3-4-11(8)16)7-17-12-6-9(2)18-14(15)13(12)19(20)21;1-3-2-4(9)5(8(11)12)6(10)7-3/h6-9,17H,10-13H2,1-5H3,(H,27,32);3-6,14H,7-10,22H2,1-2H3;3-6,8H,7H2,1-2H3;3-6H,7H2,1-2H3,(H,17,18);2H,1H3,(H2,7,9,10). The first kappa shape index (κ1) is 83.4. The van der Waals surface area contributed by atoms with Gasteiger partial charge in [-0.2, -0.15) is 0 Å². The highest BCUT2D eigenvalue weighted by molar-refractivity contribution is 6.34. The number of carbonyl (C=O) groups is 1. The number of ether oxygens (including phenoxy) is 1. The van der Waals surface area contributed by atoms with Gasteiger partial charge in [0.2, 0.25) is 22.8 Å². The van der Waals surface area contributed by atoms with Crippen LogP contribution in [-0.4, -0.2) is 119 Å². The van der Waals surface area contributed by atoms with Gasteiger partial charge in [-0.05, 0) is 183 Å². The van der Waals surface area contributed by atoms with Gasteiger partial charge in [-0.3, -0.25) is 25.0 Å². The summed E-state index contributed by atoms with van der Waals surface area (Å²) in [6, 6.07) is 28.7. The monoisotopic (exact) mass is 1610 g/mol. The summed E-state index contributed by atoms with van der Waals surface area (Å²) in [5.41, 5.74) is 18.0.